The number of nitrogens with zero attached hydrogens (tertiary/aromatic N) is 2. The summed E-state index contributed by atoms with van der Waals surface area (Å²) in [7, 11) is 0. The molecule has 4 rings (SSSR count). The molecule has 37 heavy (non-hydrogen) atoms. The third-order valence-corrected chi connectivity index (χ3v) is 7.56. The summed E-state index contributed by atoms with van der Waals surface area (Å²) in [5.41, 5.74) is -3.27. The number of carbonyl (C=O) groups excluding carboxylic acids is 1. The van der Waals surface area contributed by atoms with Gasteiger partial charge in [0.15, 0.2) is 0 Å². The van der Waals surface area contributed by atoms with E-state index in [1.165, 1.54) is 49.4 Å². The lowest BCUT2D eigenvalue weighted by Crippen LogP contribution is -2.53. The molecule has 0 unspecified atom stereocenters. The number of rotatable bonds is 10. The number of amides is 1. The van der Waals surface area contributed by atoms with Gasteiger partial charge >= 0.3 is 12.1 Å². The number of aliphatic carboxylic acids is 1. The van der Waals surface area contributed by atoms with Gasteiger partial charge in [-0.05, 0) is 45.1 Å². The van der Waals surface area contributed by atoms with E-state index in [0.717, 1.165) is 0 Å². The highest BCUT2D eigenvalue weighted by molar-refractivity contribution is 7.13. The summed E-state index contributed by atoms with van der Waals surface area (Å²) in [4.78, 5) is 28.7. The topological polar surface area (TPSA) is 115 Å². The largest absolute Gasteiger partial charge is 0.481 e. The molecular weight excluding hydrogens is 512 g/mol. The van der Waals surface area contributed by atoms with E-state index < -0.39 is 53.2 Å². The third-order valence-electron chi connectivity index (χ3n) is 6.67. The maximum atomic E-state index is 14.5. The SMILES string of the molecule is CC(C)(F)C[C@H](N[C@@H](c1ccc(-c2nc(C3(C(=O)O)CC3)cs2)cc1)C(F)(F)F)C(=O)NC1(C#N)CC1. The first-order chi connectivity index (χ1) is 17.2. The molecule has 0 saturated heterocycles. The van der Waals surface area contributed by atoms with Gasteiger partial charge in [0, 0.05) is 17.4 Å². The summed E-state index contributed by atoms with van der Waals surface area (Å²) in [5, 5.41) is 25.6. The Labute approximate surface area is 214 Å². The summed E-state index contributed by atoms with van der Waals surface area (Å²) in [6, 6.07) is 3.53. The molecule has 7 nitrogen and oxygen atoms in total. The van der Waals surface area contributed by atoms with E-state index in [1.807, 2.05) is 6.07 Å². The number of halogens is 4. The van der Waals surface area contributed by atoms with E-state index in [9.17, 15) is 37.5 Å². The number of nitriles is 1. The van der Waals surface area contributed by atoms with Crippen molar-refractivity contribution < 1.29 is 32.3 Å². The quantitative estimate of drug-likeness (QED) is 0.375. The number of hydrogen-bond acceptors (Lipinski definition) is 6. The average Bonchev–Trinajstić information content (AvgIpc) is 3.73. The Morgan fingerprint density at radius 1 is 1.16 bits per heavy atom. The van der Waals surface area contributed by atoms with Crippen LogP contribution in [0.4, 0.5) is 17.6 Å². The van der Waals surface area contributed by atoms with Crippen LogP contribution in [0.25, 0.3) is 10.6 Å². The average molecular weight is 539 g/mol. The minimum Gasteiger partial charge on any atom is -0.481 e. The number of hydrogen-bond donors (Lipinski definition) is 3. The van der Waals surface area contributed by atoms with Crippen LogP contribution < -0.4 is 10.6 Å². The van der Waals surface area contributed by atoms with Crippen LogP contribution in [-0.4, -0.2) is 45.4 Å². The predicted molar refractivity (Wildman–Crippen MR) is 127 cm³/mol. The highest BCUT2D eigenvalue weighted by atomic mass is 32.1. The maximum Gasteiger partial charge on any atom is 0.407 e. The number of nitrogens with one attached hydrogen (secondary N) is 2. The zero-order valence-electron chi connectivity index (χ0n) is 20.2. The normalized spacial score (nSPS) is 19.4. The van der Waals surface area contributed by atoms with Gasteiger partial charge in [0.2, 0.25) is 5.91 Å². The summed E-state index contributed by atoms with van der Waals surface area (Å²) in [6.07, 6.45) is -3.58. The van der Waals surface area contributed by atoms with Crippen molar-refractivity contribution in [1.29, 1.82) is 5.26 Å². The second kappa shape index (κ2) is 9.36. The molecular formula is C25H26F4N4O3S. The molecule has 2 aromatic rings. The Kier molecular flexibility index (Phi) is 6.84. The minimum atomic E-state index is -4.80. The van der Waals surface area contributed by atoms with Gasteiger partial charge in [-0.25, -0.2) is 9.37 Å². The molecule has 0 bridgehead atoms. The number of benzene rings is 1. The summed E-state index contributed by atoms with van der Waals surface area (Å²) < 4.78 is 56.8. The molecule has 1 aromatic carbocycles. The van der Waals surface area contributed by atoms with Crippen LogP contribution in [-0.2, 0) is 15.0 Å². The maximum absolute atomic E-state index is 14.5. The van der Waals surface area contributed by atoms with Crippen LogP contribution in [0.15, 0.2) is 29.6 Å². The monoisotopic (exact) mass is 538 g/mol. The van der Waals surface area contributed by atoms with Gasteiger partial charge in [0.1, 0.15) is 27.7 Å². The van der Waals surface area contributed by atoms with Crippen molar-refractivity contribution in [2.45, 2.75) is 80.8 Å². The number of carboxylic acids is 1. The van der Waals surface area contributed by atoms with Crippen molar-refractivity contribution in [3.05, 3.63) is 40.9 Å². The van der Waals surface area contributed by atoms with Crippen LogP contribution in [0.1, 0.15) is 63.3 Å². The lowest BCUT2D eigenvalue weighted by atomic mass is 9.97. The van der Waals surface area contributed by atoms with E-state index in [0.29, 0.717) is 41.9 Å². The first kappa shape index (κ1) is 27.0. The lowest BCUT2D eigenvalue weighted by molar-refractivity contribution is -0.161. The Hall–Kier alpha value is -3.04. The number of thiazole rings is 1. The molecule has 2 atom stereocenters. The van der Waals surface area contributed by atoms with Gasteiger partial charge in [-0.3, -0.25) is 14.9 Å². The minimum absolute atomic E-state index is 0.187. The molecule has 0 radical (unpaired) electrons. The first-order valence-electron chi connectivity index (χ1n) is 11.7. The molecule has 3 N–H and O–H groups in total. The lowest BCUT2D eigenvalue weighted by Gasteiger charge is -2.30. The van der Waals surface area contributed by atoms with Crippen LogP contribution in [0, 0.1) is 11.3 Å². The summed E-state index contributed by atoms with van der Waals surface area (Å²) >= 11 is 1.21. The van der Waals surface area contributed by atoms with Gasteiger partial charge < -0.3 is 10.4 Å². The molecule has 0 aliphatic heterocycles. The van der Waals surface area contributed by atoms with Gasteiger partial charge in [-0.15, -0.1) is 11.3 Å². The van der Waals surface area contributed by atoms with Crippen LogP contribution in [0.2, 0.25) is 0 Å². The van der Waals surface area contributed by atoms with Crippen LogP contribution in [0.3, 0.4) is 0 Å². The van der Waals surface area contributed by atoms with E-state index in [4.69, 9.17) is 0 Å². The molecule has 2 aliphatic rings. The van der Waals surface area contributed by atoms with Crippen molar-refractivity contribution in [3.63, 3.8) is 0 Å². The molecule has 1 amide bonds. The van der Waals surface area contributed by atoms with E-state index in [1.54, 1.807) is 5.38 Å². The molecule has 1 heterocycles. The van der Waals surface area contributed by atoms with E-state index in [-0.39, 0.29) is 5.56 Å². The Morgan fingerprint density at radius 2 is 1.78 bits per heavy atom. The fourth-order valence-corrected chi connectivity index (χ4v) is 5.08. The van der Waals surface area contributed by atoms with Crippen molar-refractivity contribution in [2.75, 3.05) is 0 Å². The van der Waals surface area contributed by atoms with Gasteiger partial charge in [0.25, 0.3) is 0 Å². The molecule has 198 valence electrons. The standard InChI is InChI=1S/C25H26F4N4O3S/c1-22(2,26)11-16(19(34)33-23(13-30)7-8-23)31-18(25(27,28)29)14-3-5-15(6-4-14)20-32-17(12-37-20)24(9-10-24)21(35)36/h3-6,12,16,18,31H,7-11H2,1-2H3,(H,33,34)(H,35,36)/t16-,18-/m0/s1. The van der Waals surface area contributed by atoms with Crippen molar-refractivity contribution in [3.8, 4) is 16.6 Å². The molecule has 2 aliphatic carbocycles. The number of carboxylic acid groups (broad SMARTS) is 1. The van der Waals surface area contributed by atoms with Crippen molar-refractivity contribution >= 4 is 23.2 Å². The molecule has 12 heteroatoms. The zero-order valence-corrected chi connectivity index (χ0v) is 21.0. The third kappa shape index (κ3) is 5.93. The van der Waals surface area contributed by atoms with Crippen LogP contribution in [0.5, 0.6) is 0 Å². The van der Waals surface area contributed by atoms with Gasteiger partial charge in [0.05, 0.1) is 17.8 Å². The number of carbonyl (C=O) groups is 2. The first-order valence-corrected chi connectivity index (χ1v) is 12.6. The van der Waals surface area contributed by atoms with Gasteiger partial charge in [-0.2, -0.15) is 18.4 Å². The zero-order chi connectivity index (χ0) is 27.2. The van der Waals surface area contributed by atoms with Crippen molar-refractivity contribution in [1.82, 2.24) is 15.6 Å². The number of aromatic nitrogens is 1. The smallest absolute Gasteiger partial charge is 0.407 e. The highest BCUT2D eigenvalue weighted by Crippen LogP contribution is 2.49. The summed E-state index contributed by atoms with van der Waals surface area (Å²) in [6.45, 7) is 2.34. The predicted octanol–water partition coefficient (Wildman–Crippen LogP) is 4.80. The fourth-order valence-electron chi connectivity index (χ4n) is 4.16. The molecule has 2 fully saturated rings. The van der Waals surface area contributed by atoms with E-state index >= 15 is 0 Å². The van der Waals surface area contributed by atoms with Crippen molar-refractivity contribution in [2.24, 2.45) is 0 Å². The molecule has 0 spiro atoms. The van der Waals surface area contributed by atoms with Crippen LogP contribution >= 0.6 is 11.3 Å². The van der Waals surface area contributed by atoms with E-state index in [2.05, 4.69) is 15.6 Å². The fraction of sp³-hybridized carbons (Fsp3) is 0.520. The number of alkyl halides is 4. The summed E-state index contributed by atoms with van der Waals surface area (Å²) in [5.74, 6) is -1.81. The van der Waals surface area contributed by atoms with Gasteiger partial charge in [-0.1, -0.05) is 24.3 Å². The second-order valence-corrected chi connectivity index (χ2v) is 11.2. The molecule has 2 saturated carbocycles. The Balaban J connectivity index is 1.56. The highest BCUT2D eigenvalue weighted by Gasteiger charge is 2.53. The Bertz CT molecular complexity index is 1220. The molecule has 1 aromatic heterocycles. The Morgan fingerprint density at radius 3 is 2.24 bits per heavy atom. The second-order valence-electron chi connectivity index (χ2n) is 10.3.